The van der Waals surface area contributed by atoms with Crippen LogP contribution in [0.1, 0.15) is 34.2 Å². The van der Waals surface area contributed by atoms with Gasteiger partial charge in [-0.25, -0.2) is 9.97 Å². The van der Waals surface area contributed by atoms with E-state index < -0.39 is 0 Å². The molecule has 0 saturated carbocycles. The first-order valence-electron chi connectivity index (χ1n) is 7.89. The summed E-state index contributed by atoms with van der Waals surface area (Å²) in [4.78, 5) is 16.9. The predicted molar refractivity (Wildman–Crippen MR) is 91.4 cm³/mol. The molecule has 3 rings (SSSR count). The number of guanidine groups is 1. The second kappa shape index (κ2) is 7.08. The minimum Gasteiger partial charge on any atom is -0.349 e. The van der Waals surface area contributed by atoms with E-state index in [0.717, 1.165) is 24.7 Å². The Labute approximate surface area is 140 Å². The van der Waals surface area contributed by atoms with Gasteiger partial charge in [0, 0.05) is 26.0 Å². The van der Waals surface area contributed by atoms with Crippen molar-refractivity contribution >= 4 is 17.3 Å². The molecule has 0 bridgehead atoms. The molecular formula is C15H23N7S. The van der Waals surface area contributed by atoms with Crippen molar-refractivity contribution in [3.8, 4) is 0 Å². The van der Waals surface area contributed by atoms with Crippen molar-refractivity contribution in [2.45, 2.75) is 38.8 Å². The Bertz CT molecular complexity index is 664. The molecule has 0 radical (unpaired) electrons. The van der Waals surface area contributed by atoms with Crippen LogP contribution >= 0.6 is 11.3 Å². The number of aliphatic imine (C=N–C) groups is 1. The van der Waals surface area contributed by atoms with Gasteiger partial charge in [0.25, 0.3) is 0 Å². The maximum Gasteiger partial charge on any atom is 0.194 e. The summed E-state index contributed by atoms with van der Waals surface area (Å²) in [5.41, 5.74) is 1.31. The van der Waals surface area contributed by atoms with E-state index in [9.17, 15) is 0 Å². The molecule has 0 aromatic carbocycles. The van der Waals surface area contributed by atoms with Crippen molar-refractivity contribution in [1.82, 2.24) is 30.0 Å². The summed E-state index contributed by atoms with van der Waals surface area (Å²) in [5, 5.41) is 8.57. The van der Waals surface area contributed by atoms with E-state index in [-0.39, 0.29) is 0 Å². The lowest BCUT2D eigenvalue weighted by molar-refractivity contribution is 0.472. The number of rotatable bonds is 4. The summed E-state index contributed by atoms with van der Waals surface area (Å²) in [6.45, 7) is 1.37. The molecule has 23 heavy (non-hydrogen) atoms. The van der Waals surface area contributed by atoms with Crippen LogP contribution in [0.25, 0.3) is 0 Å². The van der Waals surface area contributed by atoms with Gasteiger partial charge < -0.3 is 10.2 Å². The number of fused-ring (bicyclic) bond motifs is 1. The Morgan fingerprint density at radius 2 is 2.26 bits per heavy atom. The topological polar surface area (TPSA) is 71.2 Å². The van der Waals surface area contributed by atoms with Crippen molar-refractivity contribution in [3.05, 3.63) is 27.7 Å². The Morgan fingerprint density at radius 3 is 2.96 bits per heavy atom. The van der Waals surface area contributed by atoms with Crippen LogP contribution in [0.4, 0.5) is 0 Å². The summed E-state index contributed by atoms with van der Waals surface area (Å²) < 4.78 is 1.76. The van der Waals surface area contributed by atoms with E-state index in [0.29, 0.717) is 6.54 Å². The fourth-order valence-corrected chi connectivity index (χ4v) is 3.98. The number of aromatic nitrogens is 4. The summed E-state index contributed by atoms with van der Waals surface area (Å²) >= 11 is 1.85. The SMILES string of the molecule is CN=C(NCc1ncnn1C)N(C)Cc1nc2c(s1)CCCC2. The zero-order chi connectivity index (χ0) is 16.2. The van der Waals surface area contributed by atoms with Gasteiger partial charge in [0.2, 0.25) is 0 Å². The fraction of sp³-hybridized carbons (Fsp3) is 0.600. The highest BCUT2D eigenvalue weighted by Crippen LogP contribution is 2.27. The van der Waals surface area contributed by atoms with E-state index in [4.69, 9.17) is 4.98 Å². The summed E-state index contributed by atoms with van der Waals surface area (Å²) in [6, 6.07) is 0. The molecule has 1 N–H and O–H groups in total. The monoisotopic (exact) mass is 333 g/mol. The maximum atomic E-state index is 4.80. The van der Waals surface area contributed by atoms with Gasteiger partial charge in [-0.1, -0.05) is 0 Å². The molecule has 1 aliphatic rings. The lowest BCUT2D eigenvalue weighted by Crippen LogP contribution is -2.38. The summed E-state index contributed by atoms with van der Waals surface area (Å²) in [7, 11) is 5.71. The highest BCUT2D eigenvalue weighted by molar-refractivity contribution is 7.11. The van der Waals surface area contributed by atoms with Gasteiger partial charge >= 0.3 is 0 Å². The van der Waals surface area contributed by atoms with Crippen LogP contribution in [0.3, 0.4) is 0 Å². The van der Waals surface area contributed by atoms with Crippen molar-refractivity contribution < 1.29 is 0 Å². The standard InChI is InChI=1S/C15H23N7S/c1-16-15(17-8-13-18-10-19-22(13)3)21(2)9-14-20-11-6-4-5-7-12(11)23-14/h10H,4-9H2,1-3H3,(H,16,17). The molecule has 0 fully saturated rings. The van der Waals surface area contributed by atoms with Crippen LogP contribution < -0.4 is 5.32 Å². The fourth-order valence-electron chi connectivity index (χ4n) is 2.77. The molecule has 124 valence electrons. The van der Waals surface area contributed by atoms with E-state index in [2.05, 4.69) is 25.3 Å². The Balaban J connectivity index is 1.60. The maximum absolute atomic E-state index is 4.80. The van der Waals surface area contributed by atoms with E-state index in [1.54, 1.807) is 18.1 Å². The molecule has 0 aliphatic heterocycles. The molecule has 0 atom stereocenters. The molecular weight excluding hydrogens is 310 g/mol. The number of thiazole rings is 1. The predicted octanol–water partition coefficient (Wildman–Crippen LogP) is 1.36. The highest BCUT2D eigenvalue weighted by Gasteiger charge is 2.17. The van der Waals surface area contributed by atoms with Gasteiger partial charge in [-0.15, -0.1) is 11.3 Å². The molecule has 0 amide bonds. The summed E-state index contributed by atoms with van der Waals surface area (Å²) in [6.07, 6.45) is 6.45. The normalized spacial score (nSPS) is 14.7. The molecule has 1 aliphatic carbocycles. The number of aryl methyl sites for hydroxylation is 3. The van der Waals surface area contributed by atoms with Gasteiger partial charge in [0.15, 0.2) is 5.96 Å². The lowest BCUT2D eigenvalue weighted by Gasteiger charge is -2.20. The summed E-state index contributed by atoms with van der Waals surface area (Å²) in [5.74, 6) is 1.71. The van der Waals surface area contributed by atoms with Crippen molar-refractivity contribution in [3.63, 3.8) is 0 Å². The van der Waals surface area contributed by atoms with Crippen molar-refractivity contribution in [2.75, 3.05) is 14.1 Å². The minimum absolute atomic E-state index is 0.599. The van der Waals surface area contributed by atoms with E-state index in [1.165, 1.54) is 34.8 Å². The minimum atomic E-state index is 0.599. The highest BCUT2D eigenvalue weighted by atomic mass is 32.1. The zero-order valence-corrected chi connectivity index (χ0v) is 14.7. The van der Waals surface area contributed by atoms with Crippen molar-refractivity contribution in [2.24, 2.45) is 12.0 Å². The van der Waals surface area contributed by atoms with Gasteiger partial charge in [0.05, 0.1) is 18.8 Å². The largest absolute Gasteiger partial charge is 0.349 e. The molecule has 7 nitrogen and oxygen atoms in total. The first-order chi connectivity index (χ1) is 11.2. The number of hydrogen-bond donors (Lipinski definition) is 1. The first-order valence-corrected chi connectivity index (χ1v) is 8.71. The third kappa shape index (κ3) is 3.69. The Hall–Kier alpha value is -1.96. The second-order valence-electron chi connectivity index (χ2n) is 5.74. The average Bonchev–Trinajstić information content (AvgIpc) is 3.13. The van der Waals surface area contributed by atoms with E-state index in [1.807, 2.05) is 25.4 Å². The third-order valence-electron chi connectivity index (χ3n) is 4.05. The third-order valence-corrected chi connectivity index (χ3v) is 5.19. The smallest absolute Gasteiger partial charge is 0.194 e. The lowest BCUT2D eigenvalue weighted by atomic mass is 10.0. The zero-order valence-electron chi connectivity index (χ0n) is 13.9. The first kappa shape index (κ1) is 15.9. The van der Waals surface area contributed by atoms with Gasteiger partial charge in [-0.05, 0) is 25.7 Å². The molecule has 2 aromatic heterocycles. The van der Waals surface area contributed by atoms with Crippen LogP contribution in [0, 0.1) is 0 Å². The van der Waals surface area contributed by atoms with Gasteiger partial charge in [0.1, 0.15) is 17.2 Å². The molecule has 0 spiro atoms. The number of nitrogens with zero attached hydrogens (tertiary/aromatic N) is 6. The van der Waals surface area contributed by atoms with Gasteiger partial charge in [-0.2, -0.15) is 5.10 Å². The second-order valence-corrected chi connectivity index (χ2v) is 6.91. The van der Waals surface area contributed by atoms with Gasteiger partial charge in [-0.3, -0.25) is 9.67 Å². The van der Waals surface area contributed by atoms with E-state index >= 15 is 0 Å². The average molecular weight is 333 g/mol. The molecule has 0 unspecified atom stereocenters. The quantitative estimate of drug-likeness (QED) is 0.676. The molecule has 2 heterocycles. The number of nitrogens with one attached hydrogen (secondary N) is 1. The Morgan fingerprint density at radius 1 is 1.43 bits per heavy atom. The van der Waals surface area contributed by atoms with Crippen molar-refractivity contribution in [1.29, 1.82) is 0 Å². The van der Waals surface area contributed by atoms with Crippen LogP contribution in [0.2, 0.25) is 0 Å². The Kier molecular flexibility index (Phi) is 4.90. The van der Waals surface area contributed by atoms with Crippen LogP contribution in [-0.2, 0) is 33.0 Å². The molecule has 2 aromatic rings. The van der Waals surface area contributed by atoms with Crippen LogP contribution in [0.15, 0.2) is 11.3 Å². The molecule has 8 heteroatoms. The van der Waals surface area contributed by atoms with Crippen LogP contribution in [-0.4, -0.2) is 44.7 Å². The molecule has 0 saturated heterocycles. The number of hydrogen-bond acceptors (Lipinski definition) is 5. The van der Waals surface area contributed by atoms with Crippen LogP contribution in [0.5, 0.6) is 0 Å².